The van der Waals surface area contributed by atoms with Gasteiger partial charge in [0.1, 0.15) is 12.0 Å². The fraction of sp³-hybridized carbons (Fsp3) is 0.263. The van der Waals surface area contributed by atoms with E-state index in [1.54, 1.807) is 18.2 Å². The van der Waals surface area contributed by atoms with Gasteiger partial charge in [0.15, 0.2) is 0 Å². The number of nitrogens with zero attached hydrogens (tertiary/aromatic N) is 1. The minimum atomic E-state index is -0.459. The Morgan fingerprint density at radius 2 is 1.92 bits per heavy atom. The maximum Gasteiger partial charge on any atom is 0.331 e. The fourth-order valence-corrected chi connectivity index (χ4v) is 3.32. The summed E-state index contributed by atoms with van der Waals surface area (Å²) in [6, 6.07) is 13.9. The molecule has 1 fully saturated rings. The molecule has 1 aliphatic rings. The van der Waals surface area contributed by atoms with Crippen molar-refractivity contribution in [1.29, 1.82) is 0 Å². The van der Waals surface area contributed by atoms with E-state index in [4.69, 9.17) is 0 Å². The molecule has 4 nitrogen and oxygen atoms in total. The molecule has 1 radical (unpaired) electrons. The van der Waals surface area contributed by atoms with Gasteiger partial charge in [-0.25, -0.2) is 4.39 Å². The average Bonchev–Trinajstić information content (AvgIpc) is 2.92. The van der Waals surface area contributed by atoms with E-state index in [2.05, 4.69) is 0 Å². The van der Waals surface area contributed by atoms with Crippen LogP contribution < -0.4 is 0 Å². The molecule has 3 rings (SSSR count). The molecule has 1 amide bonds. The number of hydrogen-bond acceptors (Lipinski definition) is 3. The summed E-state index contributed by atoms with van der Waals surface area (Å²) in [5.41, 5.74) is 2.32. The van der Waals surface area contributed by atoms with Crippen LogP contribution in [0.3, 0.4) is 0 Å². The van der Waals surface area contributed by atoms with Gasteiger partial charge in [0.25, 0.3) is 0 Å². The van der Waals surface area contributed by atoms with Gasteiger partial charge in [-0.15, -0.1) is 0 Å². The van der Waals surface area contributed by atoms with Crippen molar-refractivity contribution in [3.05, 3.63) is 59.9 Å². The first-order valence-corrected chi connectivity index (χ1v) is 8.19. The van der Waals surface area contributed by atoms with E-state index in [0.29, 0.717) is 24.6 Å². The summed E-state index contributed by atoms with van der Waals surface area (Å²) in [5, 5.41) is 9.31. The van der Waals surface area contributed by atoms with Gasteiger partial charge in [0.05, 0.1) is 12.5 Å². The Morgan fingerprint density at radius 3 is 2.56 bits per heavy atom. The third kappa shape index (κ3) is 3.64. The van der Waals surface area contributed by atoms with Crippen molar-refractivity contribution in [2.45, 2.75) is 18.9 Å². The summed E-state index contributed by atoms with van der Waals surface area (Å²) >= 11 is 0. The number of hydrogen-bond donors (Lipinski definition) is 1. The number of benzene rings is 2. The van der Waals surface area contributed by atoms with Crippen LogP contribution in [0.25, 0.3) is 11.1 Å². The molecule has 0 bridgehead atoms. The monoisotopic (exact) mass is 338 g/mol. The number of carbonyl (C=O) groups excluding carboxylic acids is 2. The quantitative estimate of drug-likeness (QED) is 0.648. The Hall–Kier alpha value is -2.47. The second-order valence-corrected chi connectivity index (χ2v) is 6.18. The minimum Gasteiger partial charge on any atom is -0.396 e. The Bertz CT molecular complexity index is 766. The van der Waals surface area contributed by atoms with Crippen LogP contribution in [0.4, 0.5) is 4.39 Å². The second kappa shape index (κ2) is 7.61. The molecular formula is C19H18BFNO3. The van der Waals surface area contributed by atoms with Crippen molar-refractivity contribution < 1.29 is 19.1 Å². The van der Waals surface area contributed by atoms with Crippen molar-refractivity contribution in [2.75, 3.05) is 6.61 Å². The van der Waals surface area contributed by atoms with E-state index in [1.165, 1.54) is 18.3 Å². The number of halogens is 1. The first-order valence-electron chi connectivity index (χ1n) is 8.19. The first kappa shape index (κ1) is 17.4. The Balaban J connectivity index is 1.76. The molecule has 2 aromatic rings. The zero-order valence-corrected chi connectivity index (χ0v) is 13.6. The van der Waals surface area contributed by atoms with E-state index in [9.17, 15) is 19.1 Å². The van der Waals surface area contributed by atoms with Crippen LogP contribution in [0, 0.1) is 11.7 Å². The Kier molecular flexibility index (Phi) is 5.29. The van der Waals surface area contributed by atoms with E-state index in [-0.39, 0.29) is 24.4 Å². The lowest BCUT2D eigenvalue weighted by Gasteiger charge is -2.22. The minimum absolute atomic E-state index is 0.158. The third-order valence-corrected chi connectivity index (χ3v) is 4.61. The van der Waals surface area contributed by atoms with Crippen LogP contribution in [0.5, 0.6) is 0 Å². The molecule has 1 N–H and O–H groups in total. The van der Waals surface area contributed by atoms with Gasteiger partial charge in [-0.1, -0.05) is 42.5 Å². The molecule has 1 saturated heterocycles. The smallest absolute Gasteiger partial charge is 0.331 e. The lowest BCUT2D eigenvalue weighted by atomic mass is 9.91. The topological polar surface area (TPSA) is 57.6 Å². The maximum absolute atomic E-state index is 13.9. The van der Waals surface area contributed by atoms with Crippen molar-refractivity contribution in [1.82, 2.24) is 4.81 Å². The molecule has 25 heavy (non-hydrogen) atoms. The van der Waals surface area contributed by atoms with Gasteiger partial charge < -0.3 is 14.7 Å². The molecule has 1 unspecified atom stereocenters. The van der Waals surface area contributed by atoms with Crippen molar-refractivity contribution >= 4 is 19.5 Å². The van der Waals surface area contributed by atoms with Gasteiger partial charge >= 0.3 is 7.41 Å². The Labute approximate surface area is 146 Å². The molecular weight excluding hydrogens is 320 g/mol. The highest BCUT2D eigenvalue weighted by Crippen LogP contribution is 2.28. The molecule has 6 heteroatoms. The van der Waals surface area contributed by atoms with Crippen LogP contribution in [-0.4, -0.2) is 42.1 Å². The van der Waals surface area contributed by atoms with Gasteiger partial charge in [0, 0.05) is 11.6 Å². The highest BCUT2D eigenvalue weighted by Gasteiger charge is 2.38. The summed E-state index contributed by atoms with van der Waals surface area (Å²) in [4.78, 5) is 24.3. The lowest BCUT2D eigenvalue weighted by molar-refractivity contribution is -0.128. The normalized spacial score (nSPS) is 19.9. The highest BCUT2D eigenvalue weighted by molar-refractivity contribution is 6.66. The molecule has 0 aliphatic carbocycles. The molecule has 2 aromatic carbocycles. The fourth-order valence-electron chi connectivity index (χ4n) is 3.32. The van der Waals surface area contributed by atoms with Crippen molar-refractivity contribution in [3.8, 4) is 11.1 Å². The SMILES string of the molecule is O=C[B]N1C(=O)C(CO)C[C@H]1Cc1ccc(-c2ccccc2F)cc1. The molecule has 0 saturated carbocycles. The van der Waals surface area contributed by atoms with Crippen molar-refractivity contribution in [2.24, 2.45) is 5.92 Å². The van der Waals surface area contributed by atoms with Crippen LogP contribution in [0.2, 0.25) is 0 Å². The number of amides is 1. The van der Waals surface area contributed by atoms with Crippen LogP contribution in [0.1, 0.15) is 12.0 Å². The highest BCUT2D eigenvalue weighted by atomic mass is 19.1. The summed E-state index contributed by atoms with van der Waals surface area (Å²) < 4.78 is 13.9. The zero-order valence-electron chi connectivity index (χ0n) is 13.6. The molecule has 0 spiro atoms. The average molecular weight is 338 g/mol. The van der Waals surface area contributed by atoms with Gasteiger partial charge in [-0.05, 0) is 30.0 Å². The van der Waals surface area contributed by atoms with Crippen LogP contribution in [-0.2, 0) is 16.0 Å². The molecule has 1 aliphatic heterocycles. The number of aliphatic hydroxyl groups excluding tert-OH is 1. The largest absolute Gasteiger partial charge is 0.396 e. The summed E-state index contributed by atoms with van der Waals surface area (Å²) in [6.07, 6.45) is 1.67. The lowest BCUT2D eigenvalue weighted by Crippen LogP contribution is -2.39. The molecule has 2 atom stereocenters. The third-order valence-electron chi connectivity index (χ3n) is 4.61. The van der Waals surface area contributed by atoms with E-state index in [0.717, 1.165) is 11.1 Å². The van der Waals surface area contributed by atoms with Gasteiger partial charge in [-0.2, -0.15) is 0 Å². The standard InChI is InChI=1S/C19H18BFNO3/c21-18-4-2-1-3-17(18)14-7-5-13(6-8-14)9-16-10-15(11-23)19(25)22(16)20-12-24/h1-8,12,15-16,23H,9-11H2/t15?,16-/m1/s1. The Morgan fingerprint density at radius 1 is 1.20 bits per heavy atom. The molecule has 0 aromatic heterocycles. The van der Waals surface area contributed by atoms with Gasteiger partial charge in [-0.3, -0.25) is 4.79 Å². The van der Waals surface area contributed by atoms with Gasteiger partial charge in [0.2, 0.25) is 5.91 Å². The predicted octanol–water partition coefficient (Wildman–Crippen LogP) is 2.05. The van der Waals surface area contributed by atoms with E-state index in [1.807, 2.05) is 24.3 Å². The first-order chi connectivity index (χ1) is 12.1. The number of aliphatic hydroxyl groups is 1. The van der Waals surface area contributed by atoms with Crippen LogP contribution >= 0.6 is 0 Å². The maximum atomic E-state index is 13.9. The van der Waals surface area contributed by atoms with Crippen LogP contribution in [0.15, 0.2) is 48.5 Å². The zero-order chi connectivity index (χ0) is 17.8. The number of rotatable bonds is 6. The predicted molar refractivity (Wildman–Crippen MR) is 93.9 cm³/mol. The van der Waals surface area contributed by atoms with Crippen molar-refractivity contribution in [3.63, 3.8) is 0 Å². The summed E-state index contributed by atoms with van der Waals surface area (Å²) in [6.45, 7) is -0.218. The second-order valence-electron chi connectivity index (χ2n) is 6.18. The van der Waals surface area contributed by atoms with E-state index >= 15 is 0 Å². The summed E-state index contributed by atoms with van der Waals surface area (Å²) in [7, 11) is 1.23. The summed E-state index contributed by atoms with van der Waals surface area (Å²) in [5.74, 6) is -0.948. The molecule has 127 valence electrons. The van der Waals surface area contributed by atoms with E-state index < -0.39 is 5.92 Å². The number of carbonyl (C=O) groups is 2. The molecule has 1 heterocycles.